The van der Waals surface area contributed by atoms with Crippen molar-refractivity contribution in [3.8, 4) is 11.5 Å². The van der Waals surface area contributed by atoms with Crippen LogP contribution in [0.5, 0.6) is 11.5 Å². The van der Waals surface area contributed by atoms with Crippen molar-refractivity contribution in [3.05, 3.63) is 85.0 Å². The van der Waals surface area contributed by atoms with Crippen LogP contribution in [0.4, 0.5) is 9.59 Å². The molecule has 0 atom stereocenters. The van der Waals surface area contributed by atoms with E-state index in [1.807, 2.05) is 24.3 Å². The van der Waals surface area contributed by atoms with Gasteiger partial charge in [-0.05, 0) is 48.2 Å². The lowest BCUT2D eigenvalue weighted by Gasteiger charge is -2.38. The number of hydrogen-bond acceptors (Lipinski definition) is 12. The third-order valence-corrected chi connectivity index (χ3v) is 7.10. The van der Waals surface area contributed by atoms with Crippen LogP contribution in [0.15, 0.2) is 73.8 Å². The largest absolute Gasteiger partial charge is 0.513 e. The molecule has 3 rings (SSSR count). The van der Waals surface area contributed by atoms with E-state index in [0.717, 1.165) is 55.4 Å². The van der Waals surface area contributed by atoms with Crippen LogP contribution >= 0.6 is 0 Å². The maximum Gasteiger partial charge on any atom is 0.513 e. The molecular weight excluding hydrogens is 600 g/mol. The Labute approximate surface area is 268 Å². The maximum absolute atomic E-state index is 12.1. The quantitative estimate of drug-likeness (QED) is 0.0671. The molecule has 1 fully saturated rings. The Hall–Kier alpha value is -4.68. The molecule has 0 spiro atoms. The SMILES string of the molecule is C=CC(=O)OCCOCCOC(=O)Oc1ccc(C2(c3ccc(OC(=O)OCCOCCOC(=O)C=C)cc3)CCCCC2)cc1. The number of esters is 2. The summed E-state index contributed by atoms with van der Waals surface area (Å²) in [7, 11) is 0. The topological polar surface area (TPSA) is 142 Å². The van der Waals surface area contributed by atoms with Gasteiger partial charge in [0.15, 0.2) is 0 Å². The van der Waals surface area contributed by atoms with Gasteiger partial charge in [0.1, 0.15) is 37.9 Å². The Kier molecular flexibility index (Phi) is 15.3. The molecule has 12 heteroatoms. The van der Waals surface area contributed by atoms with Gasteiger partial charge in [-0.2, -0.15) is 0 Å². The molecule has 0 radical (unpaired) electrons. The molecule has 0 aliphatic heterocycles. The smallest absolute Gasteiger partial charge is 0.460 e. The van der Waals surface area contributed by atoms with Crippen molar-refractivity contribution in [1.29, 1.82) is 0 Å². The van der Waals surface area contributed by atoms with Crippen LogP contribution in [-0.4, -0.2) is 77.1 Å². The summed E-state index contributed by atoms with van der Waals surface area (Å²) in [6.07, 6.45) is 5.58. The van der Waals surface area contributed by atoms with E-state index < -0.39 is 24.2 Å². The summed E-state index contributed by atoms with van der Waals surface area (Å²) in [5, 5.41) is 0. The van der Waals surface area contributed by atoms with Crippen LogP contribution in [0.3, 0.4) is 0 Å². The molecule has 1 aliphatic carbocycles. The molecule has 0 saturated heterocycles. The lowest BCUT2D eigenvalue weighted by molar-refractivity contribution is -0.140. The standard InChI is InChI=1S/C34H40O12/c1-3-30(35)41-22-18-39-20-24-43-32(37)45-28-12-8-26(9-13-28)34(16-6-5-7-17-34)27-10-14-29(15-11-27)46-33(38)44-25-21-40-19-23-42-31(36)4-2/h3-4,8-15H,1-2,5-7,16-25H2. The van der Waals surface area contributed by atoms with Crippen molar-refractivity contribution in [2.24, 2.45) is 0 Å². The van der Waals surface area contributed by atoms with Crippen molar-refractivity contribution in [3.63, 3.8) is 0 Å². The van der Waals surface area contributed by atoms with E-state index in [2.05, 4.69) is 13.2 Å². The highest BCUT2D eigenvalue weighted by Gasteiger charge is 2.35. The second kappa shape index (κ2) is 19.7. The first kappa shape index (κ1) is 35.8. The van der Waals surface area contributed by atoms with E-state index in [9.17, 15) is 19.2 Å². The van der Waals surface area contributed by atoms with Crippen LogP contribution in [0, 0.1) is 0 Å². The highest BCUT2D eigenvalue weighted by Crippen LogP contribution is 2.45. The van der Waals surface area contributed by atoms with Crippen molar-refractivity contribution in [1.82, 2.24) is 0 Å². The van der Waals surface area contributed by atoms with E-state index in [4.69, 9.17) is 37.9 Å². The van der Waals surface area contributed by atoms with Gasteiger partial charge in [-0.15, -0.1) is 0 Å². The van der Waals surface area contributed by atoms with Crippen LogP contribution in [0.1, 0.15) is 43.2 Å². The summed E-state index contributed by atoms with van der Waals surface area (Å²) in [6.45, 7) is 7.31. The monoisotopic (exact) mass is 640 g/mol. The molecule has 0 amide bonds. The van der Waals surface area contributed by atoms with Gasteiger partial charge < -0.3 is 37.9 Å². The van der Waals surface area contributed by atoms with Crippen molar-refractivity contribution in [2.75, 3.05) is 52.9 Å². The van der Waals surface area contributed by atoms with E-state index in [-0.39, 0.29) is 58.3 Å². The van der Waals surface area contributed by atoms with E-state index in [1.54, 1.807) is 24.3 Å². The Balaban J connectivity index is 1.46. The Bertz CT molecular complexity index is 1190. The lowest BCUT2D eigenvalue weighted by Crippen LogP contribution is -2.30. The summed E-state index contributed by atoms with van der Waals surface area (Å²) in [6, 6.07) is 14.8. The summed E-state index contributed by atoms with van der Waals surface area (Å²) in [5.41, 5.74) is 1.93. The number of rotatable bonds is 18. The molecule has 0 heterocycles. The first-order chi connectivity index (χ1) is 22.4. The van der Waals surface area contributed by atoms with Crippen LogP contribution in [0.2, 0.25) is 0 Å². The summed E-state index contributed by atoms with van der Waals surface area (Å²) in [5.74, 6) is -0.369. The first-order valence-corrected chi connectivity index (χ1v) is 15.0. The highest BCUT2D eigenvalue weighted by molar-refractivity contribution is 5.81. The van der Waals surface area contributed by atoms with E-state index in [0.29, 0.717) is 11.5 Å². The Morgan fingerprint density at radius 1 is 0.543 bits per heavy atom. The first-order valence-electron chi connectivity index (χ1n) is 15.0. The van der Waals surface area contributed by atoms with Gasteiger partial charge in [-0.25, -0.2) is 19.2 Å². The fraction of sp³-hybridized carbons (Fsp3) is 0.412. The van der Waals surface area contributed by atoms with E-state index in [1.165, 1.54) is 0 Å². The average molecular weight is 641 g/mol. The molecule has 248 valence electrons. The van der Waals surface area contributed by atoms with Gasteiger partial charge in [0, 0.05) is 17.6 Å². The normalized spacial score (nSPS) is 13.5. The fourth-order valence-electron chi connectivity index (χ4n) is 4.93. The average Bonchev–Trinajstić information content (AvgIpc) is 3.08. The van der Waals surface area contributed by atoms with Crippen LogP contribution < -0.4 is 9.47 Å². The van der Waals surface area contributed by atoms with Crippen molar-refractivity contribution >= 4 is 24.2 Å². The van der Waals surface area contributed by atoms with Gasteiger partial charge >= 0.3 is 24.2 Å². The summed E-state index contributed by atoms with van der Waals surface area (Å²) in [4.78, 5) is 46.1. The number of benzene rings is 2. The lowest BCUT2D eigenvalue weighted by atomic mass is 9.65. The van der Waals surface area contributed by atoms with Gasteiger partial charge in [-0.1, -0.05) is 56.7 Å². The molecule has 46 heavy (non-hydrogen) atoms. The molecule has 2 aromatic carbocycles. The highest BCUT2D eigenvalue weighted by atomic mass is 16.7. The molecule has 1 saturated carbocycles. The fourth-order valence-corrected chi connectivity index (χ4v) is 4.93. The third-order valence-electron chi connectivity index (χ3n) is 7.10. The minimum absolute atomic E-state index is 0.0160. The molecule has 0 N–H and O–H groups in total. The molecule has 1 aliphatic rings. The summed E-state index contributed by atoms with van der Waals surface area (Å²) >= 11 is 0. The molecular formula is C34H40O12. The second-order valence-electron chi connectivity index (χ2n) is 10.1. The van der Waals surface area contributed by atoms with Crippen LogP contribution in [0.25, 0.3) is 0 Å². The van der Waals surface area contributed by atoms with Crippen LogP contribution in [-0.2, 0) is 43.4 Å². The molecule has 0 aromatic heterocycles. The Morgan fingerprint density at radius 3 is 1.28 bits per heavy atom. The Morgan fingerprint density at radius 2 is 0.913 bits per heavy atom. The molecule has 0 bridgehead atoms. The number of carbonyl (C=O) groups excluding carboxylic acids is 4. The second-order valence-corrected chi connectivity index (χ2v) is 10.1. The van der Waals surface area contributed by atoms with Gasteiger partial charge in [0.2, 0.25) is 0 Å². The zero-order valence-corrected chi connectivity index (χ0v) is 25.8. The van der Waals surface area contributed by atoms with E-state index >= 15 is 0 Å². The third kappa shape index (κ3) is 12.0. The summed E-state index contributed by atoms with van der Waals surface area (Å²) < 4.78 is 40.7. The van der Waals surface area contributed by atoms with Crippen molar-refractivity contribution in [2.45, 2.75) is 37.5 Å². The minimum atomic E-state index is -0.852. The molecule has 0 unspecified atom stereocenters. The van der Waals surface area contributed by atoms with Gasteiger partial charge in [-0.3, -0.25) is 0 Å². The molecule has 12 nitrogen and oxygen atoms in total. The predicted octanol–water partition coefficient (Wildman–Crippen LogP) is 5.46. The van der Waals surface area contributed by atoms with Gasteiger partial charge in [0.05, 0.1) is 26.4 Å². The number of carbonyl (C=O) groups is 4. The maximum atomic E-state index is 12.1. The van der Waals surface area contributed by atoms with Gasteiger partial charge in [0.25, 0.3) is 0 Å². The zero-order valence-electron chi connectivity index (χ0n) is 25.8. The molecule has 2 aromatic rings. The number of hydrogen-bond donors (Lipinski definition) is 0. The zero-order chi connectivity index (χ0) is 33.0. The minimum Gasteiger partial charge on any atom is -0.460 e. The van der Waals surface area contributed by atoms with Crippen molar-refractivity contribution < 1.29 is 57.1 Å². The number of ether oxygens (including phenoxy) is 8. The predicted molar refractivity (Wildman–Crippen MR) is 165 cm³/mol.